The Bertz CT molecular complexity index is 245. The zero-order valence-corrected chi connectivity index (χ0v) is 6.26. The van der Waals surface area contributed by atoms with Crippen molar-refractivity contribution in [3.05, 3.63) is 35.6 Å². The quantitative estimate of drug-likeness (QED) is 0.586. The van der Waals surface area contributed by atoms with Gasteiger partial charge in [-0.2, -0.15) is 0 Å². The summed E-state index contributed by atoms with van der Waals surface area (Å²) < 4.78 is 12.9. The van der Waals surface area contributed by atoms with Gasteiger partial charge in [0, 0.05) is 6.54 Å². The fourth-order valence-corrected chi connectivity index (χ4v) is 0.901. The summed E-state index contributed by atoms with van der Waals surface area (Å²) in [6.07, 6.45) is 0.635. The number of halogens is 1. The Balaban J connectivity index is 2.69. The van der Waals surface area contributed by atoms with E-state index < -0.39 is 0 Å². The van der Waals surface area contributed by atoms with Crippen molar-refractivity contribution in [3.63, 3.8) is 0 Å². The average Bonchev–Trinajstić information content (AvgIpc) is 2.03. The van der Waals surface area contributed by atoms with Gasteiger partial charge >= 0.3 is 0 Å². The molecule has 0 heterocycles. The van der Waals surface area contributed by atoms with Crippen LogP contribution in [0.4, 0.5) is 4.39 Å². The van der Waals surface area contributed by atoms with E-state index in [1.807, 2.05) is 6.07 Å². The fraction of sp³-hybridized carbons (Fsp3) is 0.222. The Labute approximate surface area is 65.6 Å². The van der Waals surface area contributed by atoms with Crippen LogP contribution < -0.4 is 0 Å². The number of nitrogens with zero attached hydrogens (tertiary/aromatic N) is 1. The van der Waals surface area contributed by atoms with Crippen LogP contribution in [0.3, 0.4) is 0 Å². The van der Waals surface area contributed by atoms with E-state index in [-0.39, 0.29) is 5.82 Å². The largest absolute Gasteiger partial charge is 0.301 e. The van der Waals surface area contributed by atoms with E-state index in [9.17, 15) is 4.39 Å². The molecule has 0 bridgehead atoms. The van der Waals surface area contributed by atoms with Crippen molar-refractivity contribution >= 4 is 6.72 Å². The van der Waals surface area contributed by atoms with Crippen LogP contribution in [0.2, 0.25) is 0 Å². The number of benzene rings is 1. The van der Waals surface area contributed by atoms with Crippen molar-refractivity contribution in [3.8, 4) is 0 Å². The van der Waals surface area contributed by atoms with E-state index in [2.05, 4.69) is 11.7 Å². The second kappa shape index (κ2) is 3.86. The van der Waals surface area contributed by atoms with Crippen LogP contribution in [0, 0.1) is 5.82 Å². The molecular weight excluding hydrogens is 141 g/mol. The maximum absolute atomic E-state index is 12.9. The SMILES string of the molecule is C=NCCc1ccccc1F. The third-order valence-electron chi connectivity index (χ3n) is 1.50. The van der Waals surface area contributed by atoms with Crippen molar-refractivity contribution in [2.75, 3.05) is 6.54 Å². The van der Waals surface area contributed by atoms with Gasteiger partial charge in [0.25, 0.3) is 0 Å². The number of hydrogen-bond acceptors (Lipinski definition) is 1. The summed E-state index contributed by atoms with van der Waals surface area (Å²) in [6, 6.07) is 6.72. The first-order valence-electron chi connectivity index (χ1n) is 3.50. The Morgan fingerprint density at radius 2 is 2.09 bits per heavy atom. The van der Waals surface area contributed by atoms with Crippen LogP contribution in [-0.4, -0.2) is 13.3 Å². The highest BCUT2D eigenvalue weighted by Gasteiger charge is 1.97. The number of hydrogen-bond donors (Lipinski definition) is 0. The molecule has 0 aliphatic heterocycles. The maximum atomic E-state index is 12.9. The maximum Gasteiger partial charge on any atom is 0.126 e. The molecule has 1 nitrogen and oxygen atoms in total. The molecule has 0 amide bonds. The van der Waals surface area contributed by atoms with E-state index in [1.165, 1.54) is 6.07 Å². The minimum absolute atomic E-state index is 0.156. The highest BCUT2D eigenvalue weighted by Crippen LogP contribution is 2.06. The predicted molar refractivity (Wildman–Crippen MR) is 44.5 cm³/mol. The minimum Gasteiger partial charge on any atom is -0.301 e. The lowest BCUT2D eigenvalue weighted by molar-refractivity contribution is 0.610. The molecule has 0 saturated carbocycles. The molecule has 0 aliphatic carbocycles. The number of aliphatic imine (C=N–C) groups is 1. The van der Waals surface area contributed by atoms with Crippen LogP contribution in [0.5, 0.6) is 0 Å². The average molecular weight is 151 g/mol. The highest BCUT2D eigenvalue weighted by molar-refractivity contribution is 5.24. The Morgan fingerprint density at radius 1 is 1.36 bits per heavy atom. The predicted octanol–water partition coefficient (Wildman–Crippen LogP) is 2.07. The normalized spacial score (nSPS) is 9.55. The third-order valence-corrected chi connectivity index (χ3v) is 1.50. The van der Waals surface area contributed by atoms with Gasteiger partial charge in [0.15, 0.2) is 0 Å². The van der Waals surface area contributed by atoms with Gasteiger partial charge < -0.3 is 4.99 Å². The summed E-state index contributed by atoms with van der Waals surface area (Å²) in [7, 11) is 0. The lowest BCUT2D eigenvalue weighted by atomic mass is 10.1. The second-order valence-corrected chi connectivity index (χ2v) is 2.29. The molecule has 58 valence electrons. The van der Waals surface area contributed by atoms with Gasteiger partial charge in [0.2, 0.25) is 0 Å². The van der Waals surface area contributed by atoms with E-state index in [0.29, 0.717) is 18.5 Å². The topological polar surface area (TPSA) is 12.4 Å². The smallest absolute Gasteiger partial charge is 0.126 e. The van der Waals surface area contributed by atoms with Crippen LogP contribution in [-0.2, 0) is 6.42 Å². The lowest BCUT2D eigenvalue weighted by Gasteiger charge is -1.98. The molecule has 1 rings (SSSR count). The molecule has 0 unspecified atom stereocenters. The second-order valence-electron chi connectivity index (χ2n) is 2.29. The Morgan fingerprint density at radius 3 is 2.73 bits per heavy atom. The van der Waals surface area contributed by atoms with Crippen LogP contribution >= 0.6 is 0 Å². The molecule has 0 fully saturated rings. The van der Waals surface area contributed by atoms with Gasteiger partial charge in [-0.25, -0.2) is 4.39 Å². The Hall–Kier alpha value is -1.18. The van der Waals surface area contributed by atoms with E-state index in [1.54, 1.807) is 12.1 Å². The van der Waals surface area contributed by atoms with Crippen LogP contribution in [0.15, 0.2) is 29.3 Å². The molecule has 0 saturated heterocycles. The monoisotopic (exact) mass is 151 g/mol. The Kier molecular flexibility index (Phi) is 2.78. The molecule has 0 atom stereocenters. The van der Waals surface area contributed by atoms with Crippen molar-refractivity contribution in [1.29, 1.82) is 0 Å². The number of rotatable bonds is 3. The van der Waals surface area contributed by atoms with Gasteiger partial charge in [-0.15, -0.1) is 0 Å². The molecule has 11 heavy (non-hydrogen) atoms. The molecule has 0 aromatic heterocycles. The summed E-state index contributed by atoms with van der Waals surface area (Å²) in [6.45, 7) is 3.92. The first-order chi connectivity index (χ1) is 5.34. The molecular formula is C9H10FN. The van der Waals surface area contributed by atoms with Gasteiger partial charge in [-0.05, 0) is 24.8 Å². The summed E-state index contributed by atoms with van der Waals surface area (Å²) in [4.78, 5) is 3.66. The summed E-state index contributed by atoms with van der Waals surface area (Å²) >= 11 is 0. The zero-order valence-electron chi connectivity index (χ0n) is 6.26. The molecule has 2 heteroatoms. The first kappa shape index (κ1) is 7.92. The summed E-state index contributed by atoms with van der Waals surface area (Å²) in [5.41, 5.74) is 0.708. The van der Waals surface area contributed by atoms with Crippen molar-refractivity contribution in [2.24, 2.45) is 4.99 Å². The van der Waals surface area contributed by atoms with Crippen molar-refractivity contribution in [2.45, 2.75) is 6.42 Å². The third kappa shape index (κ3) is 2.15. The molecule has 0 aliphatic rings. The van der Waals surface area contributed by atoms with Crippen molar-refractivity contribution in [1.82, 2.24) is 0 Å². The van der Waals surface area contributed by atoms with E-state index in [0.717, 1.165) is 0 Å². The molecule has 0 radical (unpaired) electrons. The fourth-order valence-electron chi connectivity index (χ4n) is 0.901. The van der Waals surface area contributed by atoms with Crippen molar-refractivity contribution < 1.29 is 4.39 Å². The summed E-state index contributed by atoms with van der Waals surface area (Å²) in [5.74, 6) is -0.156. The molecule has 0 N–H and O–H groups in total. The molecule has 0 spiro atoms. The van der Waals surface area contributed by atoms with E-state index in [4.69, 9.17) is 0 Å². The van der Waals surface area contributed by atoms with Gasteiger partial charge in [0.1, 0.15) is 5.82 Å². The minimum atomic E-state index is -0.156. The molecule has 1 aromatic carbocycles. The molecule has 1 aromatic rings. The van der Waals surface area contributed by atoms with E-state index >= 15 is 0 Å². The lowest BCUT2D eigenvalue weighted by Crippen LogP contribution is -1.92. The standard InChI is InChI=1S/C9H10FN/c1-11-7-6-8-4-2-3-5-9(8)10/h2-5H,1,6-7H2. The van der Waals surface area contributed by atoms with Gasteiger partial charge in [-0.1, -0.05) is 18.2 Å². The highest BCUT2D eigenvalue weighted by atomic mass is 19.1. The van der Waals surface area contributed by atoms with Gasteiger partial charge in [0.05, 0.1) is 0 Å². The van der Waals surface area contributed by atoms with Gasteiger partial charge in [-0.3, -0.25) is 0 Å². The first-order valence-corrected chi connectivity index (χ1v) is 3.50. The van der Waals surface area contributed by atoms with Crippen LogP contribution in [0.1, 0.15) is 5.56 Å². The van der Waals surface area contributed by atoms with Crippen LogP contribution in [0.25, 0.3) is 0 Å². The summed E-state index contributed by atoms with van der Waals surface area (Å²) in [5, 5.41) is 0. The zero-order chi connectivity index (χ0) is 8.10.